The van der Waals surface area contributed by atoms with E-state index in [9.17, 15) is 14.7 Å². The van der Waals surface area contributed by atoms with Crippen molar-refractivity contribution in [2.45, 2.75) is 11.8 Å². The molecule has 0 saturated carbocycles. The van der Waals surface area contributed by atoms with Crippen LogP contribution in [0.25, 0.3) is 0 Å². The fourth-order valence-corrected chi connectivity index (χ4v) is 2.22. The van der Waals surface area contributed by atoms with Gasteiger partial charge in [0, 0.05) is 11.5 Å². The zero-order valence-corrected chi connectivity index (χ0v) is 9.81. The Balaban J connectivity index is 2.40. The van der Waals surface area contributed by atoms with E-state index in [1.165, 1.54) is 11.8 Å². The average Bonchev–Trinajstić information content (AvgIpc) is 2.28. The van der Waals surface area contributed by atoms with Gasteiger partial charge in [0.25, 0.3) is 0 Å². The van der Waals surface area contributed by atoms with Gasteiger partial charge in [-0.2, -0.15) is 11.8 Å². The number of carbonyl (C=O) groups excluding carboxylic acids is 1. The lowest BCUT2D eigenvalue weighted by molar-refractivity contribution is -0.139. The molecule has 0 aliphatic rings. The Labute approximate surface area is 103 Å². The second kappa shape index (κ2) is 6.80. The molecule has 1 aromatic carbocycles. The van der Waals surface area contributed by atoms with E-state index in [4.69, 9.17) is 5.11 Å². The molecule has 1 atom stereocenters. The standard InChI is InChI=1S/C11H13NO4S/c13-7-12-10(11(15)16)6-17-5-8-2-1-3-9(14)4-8/h1-4,7,10,14H,5-6H2,(H,12,13)(H,15,16). The summed E-state index contributed by atoms with van der Waals surface area (Å²) in [5.41, 5.74) is 0.908. The molecule has 1 rings (SSSR count). The minimum atomic E-state index is -1.06. The first-order valence-electron chi connectivity index (χ1n) is 4.91. The molecule has 0 spiro atoms. The zero-order chi connectivity index (χ0) is 12.7. The highest BCUT2D eigenvalue weighted by atomic mass is 32.2. The second-order valence-corrected chi connectivity index (χ2v) is 4.39. The molecule has 0 aliphatic heterocycles. The Bertz CT molecular complexity index is 397. The SMILES string of the molecule is O=CNC(CSCc1cccc(O)c1)C(=O)O. The molecule has 0 fully saturated rings. The number of phenols is 1. The minimum absolute atomic E-state index is 0.184. The molecular formula is C11H13NO4S. The molecule has 0 aromatic heterocycles. The molecule has 1 aromatic rings. The Hall–Kier alpha value is -1.69. The van der Waals surface area contributed by atoms with Crippen LogP contribution < -0.4 is 5.32 Å². The molecule has 5 nitrogen and oxygen atoms in total. The Morgan fingerprint density at radius 3 is 2.88 bits per heavy atom. The number of rotatable bonds is 7. The fourth-order valence-electron chi connectivity index (χ4n) is 1.21. The summed E-state index contributed by atoms with van der Waals surface area (Å²) in [4.78, 5) is 20.9. The van der Waals surface area contributed by atoms with Crippen LogP contribution in [0, 0.1) is 0 Å². The highest BCUT2D eigenvalue weighted by molar-refractivity contribution is 7.98. The maximum Gasteiger partial charge on any atom is 0.327 e. The first-order valence-corrected chi connectivity index (χ1v) is 6.07. The van der Waals surface area contributed by atoms with Crippen LogP contribution in [0.5, 0.6) is 5.75 Å². The summed E-state index contributed by atoms with van der Waals surface area (Å²) in [5.74, 6) is -0.00738. The smallest absolute Gasteiger partial charge is 0.327 e. The van der Waals surface area contributed by atoms with Crippen LogP contribution in [0.3, 0.4) is 0 Å². The molecule has 1 amide bonds. The predicted octanol–water partition coefficient (Wildman–Crippen LogP) is 0.825. The van der Waals surface area contributed by atoms with E-state index in [0.717, 1.165) is 5.56 Å². The largest absolute Gasteiger partial charge is 0.508 e. The van der Waals surface area contributed by atoms with Gasteiger partial charge < -0.3 is 15.5 Å². The summed E-state index contributed by atoms with van der Waals surface area (Å²) in [7, 11) is 0. The van der Waals surface area contributed by atoms with Gasteiger partial charge in [0.15, 0.2) is 0 Å². The molecular weight excluding hydrogens is 242 g/mol. The van der Waals surface area contributed by atoms with E-state index in [-0.39, 0.29) is 11.5 Å². The van der Waals surface area contributed by atoms with Gasteiger partial charge in [-0.05, 0) is 17.7 Å². The number of aromatic hydroxyl groups is 1. The molecule has 92 valence electrons. The van der Waals surface area contributed by atoms with E-state index in [2.05, 4.69) is 5.32 Å². The van der Waals surface area contributed by atoms with Gasteiger partial charge in [-0.3, -0.25) is 4.79 Å². The number of benzene rings is 1. The van der Waals surface area contributed by atoms with Crippen molar-refractivity contribution in [1.82, 2.24) is 5.32 Å². The van der Waals surface area contributed by atoms with Crippen molar-refractivity contribution in [3.05, 3.63) is 29.8 Å². The Morgan fingerprint density at radius 2 is 2.29 bits per heavy atom. The van der Waals surface area contributed by atoms with E-state index < -0.39 is 12.0 Å². The first-order chi connectivity index (χ1) is 8.13. The van der Waals surface area contributed by atoms with Gasteiger partial charge in [0.05, 0.1) is 0 Å². The van der Waals surface area contributed by atoms with Crippen molar-refractivity contribution in [3.8, 4) is 5.75 Å². The molecule has 0 saturated heterocycles. The van der Waals surface area contributed by atoms with Crippen LogP contribution in [0.4, 0.5) is 0 Å². The van der Waals surface area contributed by atoms with Crippen molar-refractivity contribution in [1.29, 1.82) is 0 Å². The maximum absolute atomic E-state index is 10.7. The number of carboxylic acid groups (broad SMARTS) is 1. The van der Waals surface area contributed by atoms with Crippen LogP contribution in [0.1, 0.15) is 5.56 Å². The number of thioether (sulfide) groups is 1. The Kier molecular flexibility index (Phi) is 5.35. The van der Waals surface area contributed by atoms with Crippen LogP contribution >= 0.6 is 11.8 Å². The summed E-state index contributed by atoms with van der Waals surface area (Å²) < 4.78 is 0. The van der Waals surface area contributed by atoms with Crippen LogP contribution in [0.15, 0.2) is 24.3 Å². The monoisotopic (exact) mass is 255 g/mol. The molecule has 0 aliphatic carbocycles. The van der Waals surface area contributed by atoms with Crippen LogP contribution in [0.2, 0.25) is 0 Å². The van der Waals surface area contributed by atoms with Crippen molar-refractivity contribution in [3.63, 3.8) is 0 Å². The number of phenolic OH excluding ortho intramolecular Hbond substituents is 1. The minimum Gasteiger partial charge on any atom is -0.508 e. The molecule has 17 heavy (non-hydrogen) atoms. The summed E-state index contributed by atoms with van der Waals surface area (Å²) in [6.45, 7) is 0. The molecule has 0 heterocycles. The zero-order valence-electron chi connectivity index (χ0n) is 9.00. The summed E-state index contributed by atoms with van der Waals surface area (Å²) in [6.07, 6.45) is 0.383. The summed E-state index contributed by atoms with van der Waals surface area (Å²) in [6, 6.07) is 5.88. The van der Waals surface area contributed by atoms with Gasteiger partial charge >= 0.3 is 5.97 Å². The number of aliphatic carboxylic acids is 1. The molecule has 6 heteroatoms. The molecule has 0 radical (unpaired) electrons. The normalized spacial score (nSPS) is 11.8. The third kappa shape index (κ3) is 4.78. The highest BCUT2D eigenvalue weighted by Gasteiger charge is 2.15. The number of nitrogens with one attached hydrogen (secondary N) is 1. The number of hydrogen-bond acceptors (Lipinski definition) is 4. The van der Waals surface area contributed by atoms with Crippen molar-refractivity contribution in [2.24, 2.45) is 0 Å². The number of carbonyl (C=O) groups is 2. The number of amides is 1. The summed E-state index contributed by atoms with van der Waals surface area (Å²) in [5, 5.41) is 20.2. The number of carboxylic acids is 1. The van der Waals surface area contributed by atoms with Gasteiger partial charge in [-0.1, -0.05) is 12.1 Å². The third-order valence-electron chi connectivity index (χ3n) is 2.03. The summed E-state index contributed by atoms with van der Waals surface area (Å²) >= 11 is 1.38. The molecule has 3 N–H and O–H groups in total. The molecule has 0 bridgehead atoms. The van der Waals surface area contributed by atoms with Crippen molar-refractivity contribution < 1.29 is 19.8 Å². The lowest BCUT2D eigenvalue weighted by Crippen LogP contribution is -2.37. The Morgan fingerprint density at radius 1 is 1.53 bits per heavy atom. The van der Waals surface area contributed by atoms with Crippen LogP contribution in [-0.4, -0.2) is 34.4 Å². The van der Waals surface area contributed by atoms with E-state index in [0.29, 0.717) is 12.2 Å². The highest BCUT2D eigenvalue weighted by Crippen LogP contribution is 2.17. The first kappa shape index (κ1) is 13.4. The third-order valence-corrected chi connectivity index (χ3v) is 3.14. The van der Waals surface area contributed by atoms with Gasteiger partial charge in [0.2, 0.25) is 6.41 Å². The topological polar surface area (TPSA) is 86.6 Å². The van der Waals surface area contributed by atoms with E-state index >= 15 is 0 Å². The van der Waals surface area contributed by atoms with Gasteiger partial charge in [0.1, 0.15) is 11.8 Å². The molecule has 1 unspecified atom stereocenters. The predicted molar refractivity (Wildman–Crippen MR) is 64.9 cm³/mol. The average molecular weight is 255 g/mol. The lowest BCUT2D eigenvalue weighted by Gasteiger charge is -2.10. The maximum atomic E-state index is 10.7. The van der Waals surface area contributed by atoms with E-state index in [1.807, 2.05) is 6.07 Å². The second-order valence-electron chi connectivity index (χ2n) is 3.36. The van der Waals surface area contributed by atoms with Crippen molar-refractivity contribution in [2.75, 3.05) is 5.75 Å². The van der Waals surface area contributed by atoms with E-state index in [1.54, 1.807) is 18.2 Å². The van der Waals surface area contributed by atoms with Crippen molar-refractivity contribution >= 4 is 24.1 Å². The van der Waals surface area contributed by atoms with Gasteiger partial charge in [-0.15, -0.1) is 0 Å². The van der Waals surface area contributed by atoms with Gasteiger partial charge in [-0.25, -0.2) is 4.79 Å². The quantitative estimate of drug-likeness (QED) is 0.628. The lowest BCUT2D eigenvalue weighted by atomic mass is 10.2. The van der Waals surface area contributed by atoms with Crippen LogP contribution in [-0.2, 0) is 15.3 Å². The number of hydrogen-bond donors (Lipinski definition) is 3. The fraction of sp³-hybridized carbons (Fsp3) is 0.273.